The molecule has 0 saturated carbocycles. The third kappa shape index (κ3) is 2.16. The maximum absolute atomic E-state index is 11.8. The van der Waals surface area contributed by atoms with Gasteiger partial charge in [0.25, 0.3) is 17.1 Å². The number of anilines is 2. The van der Waals surface area contributed by atoms with Gasteiger partial charge in [0, 0.05) is 0 Å². The van der Waals surface area contributed by atoms with Crippen LogP contribution in [0.15, 0.2) is 38.5 Å². The van der Waals surface area contributed by atoms with Crippen LogP contribution in [0.5, 0.6) is 0 Å². The van der Waals surface area contributed by atoms with Gasteiger partial charge in [-0.3, -0.25) is 19.8 Å². The quantitative estimate of drug-likeness (QED) is 0.554. The number of hydrogen-bond acceptors (Lipinski definition) is 6. The van der Waals surface area contributed by atoms with Crippen LogP contribution in [0.2, 0.25) is 0 Å². The molecular formula is C12H8N4O5. The van der Waals surface area contributed by atoms with Crippen molar-refractivity contribution in [2.45, 2.75) is 0 Å². The molecule has 0 aliphatic carbocycles. The molecule has 0 atom stereocenters. The zero-order valence-electron chi connectivity index (χ0n) is 10.3. The molecular weight excluding hydrogens is 280 g/mol. The Kier molecular flexibility index (Phi) is 2.79. The van der Waals surface area contributed by atoms with Gasteiger partial charge in [-0.15, -0.1) is 0 Å². The van der Waals surface area contributed by atoms with Crippen molar-refractivity contribution in [2.75, 3.05) is 5.32 Å². The van der Waals surface area contributed by atoms with Crippen LogP contribution < -0.4 is 16.4 Å². The van der Waals surface area contributed by atoms with Crippen LogP contribution in [-0.4, -0.2) is 26.3 Å². The molecule has 0 spiro atoms. The van der Waals surface area contributed by atoms with Gasteiger partial charge in [-0.2, -0.15) is 4.98 Å². The van der Waals surface area contributed by atoms with E-state index >= 15 is 0 Å². The Morgan fingerprint density at radius 1 is 1.24 bits per heavy atom. The molecule has 0 unspecified atom stereocenters. The summed E-state index contributed by atoms with van der Waals surface area (Å²) in [5.74, 6) is -1.24. The third-order valence-electron chi connectivity index (χ3n) is 2.79. The van der Waals surface area contributed by atoms with Gasteiger partial charge in [0.05, 0.1) is 16.5 Å². The lowest BCUT2D eigenvalue weighted by atomic mass is 10.1. The zero-order valence-corrected chi connectivity index (χ0v) is 10.3. The predicted octanol–water partition coefficient (Wildman–Crippen LogP) is 0.646. The minimum absolute atomic E-state index is 0.0976. The monoisotopic (exact) mass is 288 g/mol. The maximum Gasteiger partial charge on any atom is 0.357 e. The minimum atomic E-state index is -1.24. The number of nitrogens with one attached hydrogen (secondary N) is 3. The van der Waals surface area contributed by atoms with E-state index in [9.17, 15) is 14.4 Å². The van der Waals surface area contributed by atoms with Gasteiger partial charge in [-0.05, 0) is 12.1 Å². The lowest BCUT2D eigenvalue weighted by molar-refractivity contribution is 0.0690. The molecule has 3 aromatic rings. The molecule has 9 heteroatoms. The molecule has 3 rings (SSSR count). The molecule has 0 saturated heterocycles. The summed E-state index contributed by atoms with van der Waals surface area (Å²) in [6.07, 6.45) is 0.965. The van der Waals surface area contributed by atoms with Crippen molar-refractivity contribution in [1.29, 1.82) is 0 Å². The smallest absolute Gasteiger partial charge is 0.357 e. The van der Waals surface area contributed by atoms with E-state index in [4.69, 9.17) is 9.52 Å². The van der Waals surface area contributed by atoms with E-state index in [2.05, 4.69) is 20.5 Å². The minimum Gasteiger partial charge on any atom is -0.476 e. The number of oxazole rings is 1. The predicted molar refractivity (Wildman–Crippen MR) is 71.9 cm³/mol. The van der Waals surface area contributed by atoms with Crippen molar-refractivity contribution in [3.8, 4) is 0 Å². The molecule has 106 valence electrons. The first-order valence-corrected chi connectivity index (χ1v) is 5.76. The highest BCUT2D eigenvalue weighted by atomic mass is 16.4. The number of H-pyrrole nitrogens is 2. The van der Waals surface area contributed by atoms with E-state index in [1.165, 1.54) is 6.07 Å². The van der Waals surface area contributed by atoms with Gasteiger partial charge in [0.1, 0.15) is 6.26 Å². The van der Waals surface area contributed by atoms with E-state index in [1.807, 2.05) is 0 Å². The van der Waals surface area contributed by atoms with E-state index in [0.29, 0.717) is 0 Å². The fraction of sp³-hybridized carbons (Fsp3) is 0. The molecule has 0 fully saturated rings. The van der Waals surface area contributed by atoms with Crippen LogP contribution in [0.25, 0.3) is 10.8 Å². The second-order valence-electron chi connectivity index (χ2n) is 4.10. The van der Waals surface area contributed by atoms with E-state index in [0.717, 1.165) is 6.26 Å². The number of aromatic amines is 2. The Labute approximate surface area is 115 Å². The molecule has 0 aliphatic heterocycles. The Hall–Kier alpha value is -3.36. The van der Waals surface area contributed by atoms with Crippen LogP contribution in [0.1, 0.15) is 10.5 Å². The van der Waals surface area contributed by atoms with Gasteiger partial charge in [-0.1, -0.05) is 6.07 Å². The summed E-state index contributed by atoms with van der Waals surface area (Å²) in [4.78, 5) is 37.9. The first-order valence-electron chi connectivity index (χ1n) is 5.76. The molecule has 21 heavy (non-hydrogen) atoms. The molecule has 0 bridgehead atoms. The van der Waals surface area contributed by atoms with Crippen molar-refractivity contribution in [3.63, 3.8) is 0 Å². The van der Waals surface area contributed by atoms with Crippen molar-refractivity contribution in [3.05, 3.63) is 50.9 Å². The maximum atomic E-state index is 11.8. The van der Waals surface area contributed by atoms with Crippen molar-refractivity contribution in [2.24, 2.45) is 0 Å². The van der Waals surface area contributed by atoms with Crippen molar-refractivity contribution >= 4 is 28.4 Å². The number of carboxylic acid groups (broad SMARTS) is 1. The summed E-state index contributed by atoms with van der Waals surface area (Å²) < 4.78 is 4.95. The standard InChI is InChI=1S/C12H8N4O5/c17-9-5-2-1-3-6(8(5)10(18)16-15-9)13-12-14-7(4-21-12)11(19)20/h1-4H,(H,13,14)(H,15,17)(H,16,18)(H,19,20). The molecule has 4 N–H and O–H groups in total. The van der Waals surface area contributed by atoms with Crippen LogP contribution >= 0.6 is 0 Å². The summed E-state index contributed by atoms with van der Waals surface area (Å²) in [6, 6.07) is 4.51. The third-order valence-corrected chi connectivity index (χ3v) is 2.79. The van der Waals surface area contributed by atoms with Crippen molar-refractivity contribution in [1.82, 2.24) is 15.2 Å². The van der Waals surface area contributed by atoms with Gasteiger partial charge in [0.2, 0.25) is 0 Å². The average Bonchev–Trinajstić information content (AvgIpc) is 2.92. The number of benzene rings is 1. The van der Waals surface area contributed by atoms with Crippen LogP contribution in [0.3, 0.4) is 0 Å². The van der Waals surface area contributed by atoms with Gasteiger partial charge in [0.15, 0.2) is 5.69 Å². The van der Waals surface area contributed by atoms with Gasteiger partial charge < -0.3 is 14.8 Å². The number of carboxylic acids is 1. The van der Waals surface area contributed by atoms with E-state index in [1.54, 1.807) is 12.1 Å². The molecule has 0 radical (unpaired) electrons. The lowest BCUT2D eigenvalue weighted by Gasteiger charge is -2.04. The van der Waals surface area contributed by atoms with Crippen LogP contribution in [0, 0.1) is 0 Å². The lowest BCUT2D eigenvalue weighted by Crippen LogP contribution is -2.19. The first kappa shape index (κ1) is 12.7. The summed E-state index contributed by atoms with van der Waals surface area (Å²) in [5.41, 5.74) is -0.951. The number of aromatic nitrogens is 3. The summed E-state index contributed by atoms with van der Waals surface area (Å²) >= 11 is 0. The normalized spacial score (nSPS) is 10.7. The summed E-state index contributed by atoms with van der Waals surface area (Å²) in [5, 5.41) is 16.2. The molecule has 0 amide bonds. The molecule has 1 aromatic carbocycles. The van der Waals surface area contributed by atoms with E-state index < -0.39 is 17.1 Å². The van der Waals surface area contributed by atoms with Crippen molar-refractivity contribution < 1.29 is 14.3 Å². The second-order valence-corrected chi connectivity index (χ2v) is 4.10. The SMILES string of the molecule is O=C(O)c1coc(Nc2cccc3c(=O)[nH][nH]c(=O)c23)n1. The van der Waals surface area contributed by atoms with Gasteiger partial charge >= 0.3 is 5.97 Å². The highest BCUT2D eigenvalue weighted by Crippen LogP contribution is 2.21. The molecule has 0 aliphatic rings. The average molecular weight is 288 g/mol. The first-order chi connectivity index (χ1) is 10.1. The zero-order chi connectivity index (χ0) is 15.0. The number of rotatable bonds is 3. The fourth-order valence-electron chi connectivity index (χ4n) is 1.88. The Morgan fingerprint density at radius 3 is 2.71 bits per heavy atom. The summed E-state index contributed by atoms with van der Waals surface area (Å²) in [7, 11) is 0. The number of carbonyl (C=O) groups is 1. The molecule has 2 aromatic heterocycles. The Bertz CT molecular complexity index is 952. The number of aromatic carboxylic acids is 1. The van der Waals surface area contributed by atoms with E-state index in [-0.39, 0.29) is 28.2 Å². The van der Waals surface area contributed by atoms with Crippen LogP contribution in [0.4, 0.5) is 11.7 Å². The molecule has 2 heterocycles. The number of nitrogens with zero attached hydrogens (tertiary/aromatic N) is 1. The molecule has 9 nitrogen and oxygen atoms in total. The fourth-order valence-corrected chi connectivity index (χ4v) is 1.88. The van der Waals surface area contributed by atoms with Crippen LogP contribution in [-0.2, 0) is 0 Å². The topological polar surface area (TPSA) is 141 Å². The Morgan fingerprint density at radius 2 is 2.00 bits per heavy atom. The Balaban J connectivity index is 2.12. The highest BCUT2D eigenvalue weighted by molar-refractivity contribution is 5.93. The summed E-state index contributed by atoms with van der Waals surface area (Å²) in [6.45, 7) is 0. The van der Waals surface area contributed by atoms with Gasteiger partial charge in [-0.25, -0.2) is 4.79 Å². The number of fused-ring (bicyclic) bond motifs is 1. The second kappa shape index (κ2) is 4.63. The largest absolute Gasteiger partial charge is 0.476 e. The highest BCUT2D eigenvalue weighted by Gasteiger charge is 2.13. The number of hydrogen-bond donors (Lipinski definition) is 4.